The van der Waals surface area contributed by atoms with Gasteiger partial charge in [-0.25, -0.2) is 0 Å². The van der Waals surface area contributed by atoms with Crippen molar-refractivity contribution >= 4 is 61.7 Å². The number of hydrogen-bond acceptors (Lipinski definition) is 5. The summed E-state index contributed by atoms with van der Waals surface area (Å²) in [6.45, 7) is 0. The van der Waals surface area contributed by atoms with Crippen LogP contribution in [0.15, 0.2) is 35.1 Å². The third-order valence-corrected chi connectivity index (χ3v) is 3.90. The summed E-state index contributed by atoms with van der Waals surface area (Å²) in [5.74, 6) is 0. The Morgan fingerprint density at radius 2 is 2.11 bits per heavy atom. The summed E-state index contributed by atoms with van der Waals surface area (Å²) in [5.41, 5.74) is 3.25. The van der Waals surface area contributed by atoms with Crippen LogP contribution in [0.2, 0.25) is 5.02 Å². The number of fused-ring (bicyclic) bond motifs is 1. The van der Waals surface area contributed by atoms with Crippen LogP contribution < -0.4 is 5.32 Å². The van der Waals surface area contributed by atoms with Gasteiger partial charge < -0.3 is 5.32 Å². The fraction of sp³-hybridized carbons (Fsp3) is 0. The topological polar surface area (TPSA) is 50.7 Å². The molecule has 0 spiro atoms. The van der Waals surface area contributed by atoms with Crippen LogP contribution in [0.3, 0.4) is 0 Å². The second kappa shape index (κ2) is 4.79. The number of pyridine rings is 1. The molecule has 0 aliphatic carbocycles. The van der Waals surface area contributed by atoms with Gasteiger partial charge in [-0.15, -0.1) is 0 Å². The molecule has 18 heavy (non-hydrogen) atoms. The van der Waals surface area contributed by atoms with E-state index >= 15 is 0 Å². The molecule has 90 valence electrons. The normalized spacial score (nSPS) is 10.8. The minimum Gasteiger partial charge on any atom is -0.351 e. The van der Waals surface area contributed by atoms with Crippen LogP contribution in [0.5, 0.6) is 0 Å². The summed E-state index contributed by atoms with van der Waals surface area (Å²) >= 11 is 10.8. The van der Waals surface area contributed by atoms with Gasteiger partial charge in [0.25, 0.3) is 0 Å². The maximum Gasteiger partial charge on any atom is 0.129 e. The molecular formula is C11H6BrClN4S. The highest BCUT2D eigenvalue weighted by atomic mass is 79.9. The van der Waals surface area contributed by atoms with Crippen LogP contribution in [0, 0.1) is 0 Å². The summed E-state index contributed by atoms with van der Waals surface area (Å²) < 4.78 is 9.31. The number of anilines is 2. The summed E-state index contributed by atoms with van der Waals surface area (Å²) in [4.78, 5) is 4.02. The van der Waals surface area contributed by atoms with E-state index in [2.05, 4.69) is 35.0 Å². The van der Waals surface area contributed by atoms with E-state index in [1.165, 1.54) is 11.7 Å². The van der Waals surface area contributed by atoms with Crippen LogP contribution in [-0.2, 0) is 0 Å². The van der Waals surface area contributed by atoms with Gasteiger partial charge in [0.15, 0.2) is 0 Å². The molecule has 3 aromatic rings. The zero-order chi connectivity index (χ0) is 12.5. The van der Waals surface area contributed by atoms with Crippen molar-refractivity contribution < 1.29 is 0 Å². The number of halogens is 2. The molecule has 1 aromatic carbocycles. The molecule has 0 atom stereocenters. The van der Waals surface area contributed by atoms with Gasteiger partial charge in [-0.2, -0.15) is 8.75 Å². The SMILES string of the molecule is Clc1ccc2nsnc2c1Nc1ccncc1Br. The maximum absolute atomic E-state index is 6.21. The first-order valence-corrected chi connectivity index (χ1v) is 6.93. The quantitative estimate of drug-likeness (QED) is 0.757. The molecule has 2 aromatic heterocycles. The maximum atomic E-state index is 6.21. The smallest absolute Gasteiger partial charge is 0.129 e. The molecule has 3 rings (SSSR count). The molecule has 4 nitrogen and oxygen atoms in total. The molecule has 2 heterocycles. The minimum atomic E-state index is 0.610. The van der Waals surface area contributed by atoms with Crippen LogP contribution in [0.25, 0.3) is 11.0 Å². The Hall–Kier alpha value is -1.24. The molecule has 0 unspecified atom stereocenters. The van der Waals surface area contributed by atoms with Crippen molar-refractivity contribution in [3.63, 3.8) is 0 Å². The number of nitrogens with zero attached hydrogens (tertiary/aromatic N) is 3. The Morgan fingerprint density at radius 3 is 2.94 bits per heavy atom. The Labute approximate surface area is 120 Å². The molecule has 0 aliphatic heterocycles. The zero-order valence-electron chi connectivity index (χ0n) is 8.89. The molecule has 1 N–H and O–H groups in total. The van der Waals surface area contributed by atoms with Crippen molar-refractivity contribution in [2.24, 2.45) is 0 Å². The van der Waals surface area contributed by atoms with Crippen LogP contribution in [-0.4, -0.2) is 13.7 Å². The lowest BCUT2D eigenvalue weighted by atomic mass is 10.2. The predicted octanol–water partition coefficient (Wildman–Crippen LogP) is 4.25. The number of rotatable bonds is 2. The standard InChI is InChI=1S/C11H6BrClN4S/c12-6-5-14-4-3-8(6)15-10-7(13)1-2-9-11(10)17-18-16-9/h1-5H,(H,14,15). The Bertz CT molecular complexity index is 715. The van der Waals surface area contributed by atoms with Gasteiger partial charge in [0.2, 0.25) is 0 Å². The fourth-order valence-corrected chi connectivity index (χ4v) is 2.65. The number of aromatic nitrogens is 3. The fourth-order valence-electron chi connectivity index (χ4n) is 1.56. The summed E-state index contributed by atoms with van der Waals surface area (Å²) in [7, 11) is 0. The van der Waals surface area contributed by atoms with E-state index in [-0.39, 0.29) is 0 Å². The molecule has 0 amide bonds. The monoisotopic (exact) mass is 340 g/mol. The highest BCUT2D eigenvalue weighted by Crippen LogP contribution is 2.34. The second-order valence-corrected chi connectivity index (χ2v) is 5.32. The third-order valence-electron chi connectivity index (χ3n) is 2.41. The Morgan fingerprint density at radius 1 is 1.22 bits per heavy atom. The predicted molar refractivity (Wildman–Crippen MR) is 77.6 cm³/mol. The van der Waals surface area contributed by atoms with E-state index in [1.54, 1.807) is 12.4 Å². The molecule has 0 bridgehead atoms. The first-order chi connectivity index (χ1) is 8.75. The van der Waals surface area contributed by atoms with Gasteiger partial charge >= 0.3 is 0 Å². The second-order valence-electron chi connectivity index (χ2n) is 3.53. The van der Waals surface area contributed by atoms with Crippen molar-refractivity contribution in [2.45, 2.75) is 0 Å². The van der Waals surface area contributed by atoms with Gasteiger partial charge in [-0.05, 0) is 34.1 Å². The van der Waals surface area contributed by atoms with E-state index in [1.807, 2.05) is 18.2 Å². The van der Waals surface area contributed by atoms with Crippen LogP contribution in [0.4, 0.5) is 11.4 Å². The first kappa shape index (κ1) is 11.8. The van der Waals surface area contributed by atoms with Crippen LogP contribution >= 0.6 is 39.3 Å². The van der Waals surface area contributed by atoms with Gasteiger partial charge in [-0.3, -0.25) is 4.98 Å². The molecule has 0 radical (unpaired) electrons. The van der Waals surface area contributed by atoms with E-state index in [0.717, 1.165) is 26.9 Å². The number of nitrogens with one attached hydrogen (secondary N) is 1. The lowest BCUT2D eigenvalue weighted by Crippen LogP contribution is -1.94. The Kier molecular flexibility index (Phi) is 3.15. The molecule has 0 aliphatic rings. The highest BCUT2D eigenvalue weighted by molar-refractivity contribution is 9.10. The van der Waals surface area contributed by atoms with E-state index in [9.17, 15) is 0 Å². The number of hydrogen-bond donors (Lipinski definition) is 1. The minimum absolute atomic E-state index is 0.610. The van der Waals surface area contributed by atoms with Crippen molar-refractivity contribution in [1.29, 1.82) is 0 Å². The van der Waals surface area contributed by atoms with Crippen molar-refractivity contribution in [1.82, 2.24) is 13.7 Å². The van der Waals surface area contributed by atoms with Gasteiger partial charge in [0.1, 0.15) is 11.0 Å². The summed E-state index contributed by atoms with van der Waals surface area (Å²) in [5, 5.41) is 3.87. The summed E-state index contributed by atoms with van der Waals surface area (Å²) in [6.07, 6.45) is 3.43. The average Bonchev–Trinajstić information content (AvgIpc) is 2.83. The van der Waals surface area contributed by atoms with Crippen molar-refractivity contribution in [3.05, 3.63) is 40.1 Å². The molecule has 0 fully saturated rings. The highest BCUT2D eigenvalue weighted by Gasteiger charge is 2.11. The molecule has 0 saturated heterocycles. The first-order valence-electron chi connectivity index (χ1n) is 5.03. The molecular weight excluding hydrogens is 336 g/mol. The van der Waals surface area contributed by atoms with Crippen molar-refractivity contribution in [2.75, 3.05) is 5.32 Å². The largest absolute Gasteiger partial charge is 0.351 e. The number of benzene rings is 1. The lowest BCUT2D eigenvalue weighted by Gasteiger charge is -2.09. The van der Waals surface area contributed by atoms with Gasteiger partial charge in [0, 0.05) is 12.4 Å². The Balaban J connectivity index is 2.12. The molecule has 0 saturated carbocycles. The van der Waals surface area contributed by atoms with E-state index in [4.69, 9.17) is 11.6 Å². The van der Waals surface area contributed by atoms with Crippen LogP contribution in [0.1, 0.15) is 0 Å². The van der Waals surface area contributed by atoms with Gasteiger partial charge in [0.05, 0.1) is 32.6 Å². The third kappa shape index (κ3) is 2.07. The van der Waals surface area contributed by atoms with E-state index in [0.29, 0.717) is 5.02 Å². The summed E-state index contributed by atoms with van der Waals surface area (Å²) in [6, 6.07) is 5.52. The average molecular weight is 342 g/mol. The molecule has 7 heteroatoms. The van der Waals surface area contributed by atoms with Crippen molar-refractivity contribution in [3.8, 4) is 0 Å². The van der Waals surface area contributed by atoms with E-state index < -0.39 is 0 Å². The lowest BCUT2D eigenvalue weighted by molar-refractivity contribution is 1.30. The van der Waals surface area contributed by atoms with Gasteiger partial charge in [-0.1, -0.05) is 11.6 Å². The zero-order valence-corrected chi connectivity index (χ0v) is 12.1.